The van der Waals surface area contributed by atoms with Gasteiger partial charge in [0.1, 0.15) is 12.4 Å². The molecular weight excluding hydrogens is 425 g/mol. The van der Waals surface area contributed by atoms with E-state index in [0.29, 0.717) is 22.2 Å². The fourth-order valence-electron chi connectivity index (χ4n) is 6.26. The van der Waals surface area contributed by atoms with Crippen LogP contribution in [0.5, 0.6) is 5.75 Å². The van der Waals surface area contributed by atoms with Gasteiger partial charge in [-0.2, -0.15) is 0 Å². The van der Waals surface area contributed by atoms with Crippen LogP contribution >= 0.6 is 34.8 Å². The average molecular weight is 451 g/mol. The number of rotatable bonds is 6. The molecule has 1 N–H and O–H groups in total. The van der Waals surface area contributed by atoms with Crippen molar-refractivity contribution in [2.75, 3.05) is 0 Å². The van der Waals surface area contributed by atoms with Gasteiger partial charge in [0.05, 0.1) is 0 Å². The van der Waals surface area contributed by atoms with Crippen molar-refractivity contribution in [3.8, 4) is 5.75 Å². The minimum atomic E-state index is 0.306. The summed E-state index contributed by atoms with van der Waals surface area (Å²) < 4.78 is 6.14. The number of halogens is 3. The molecule has 2 nitrogen and oxygen atoms in total. The lowest BCUT2D eigenvalue weighted by atomic mass is 9.53. The molecule has 0 atom stereocenters. The quantitative estimate of drug-likeness (QED) is 0.499. The van der Waals surface area contributed by atoms with Gasteiger partial charge in [-0.15, -0.1) is 0 Å². The van der Waals surface area contributed by atoms with Crippen molar-refractivity contribution in [2.45, 2.75) is 57.2 Å². The SMILES string of the molecule is Clc1ccc(OCc2c(Cl)cccc2Cl)c(CNC23CC4CC(CC(C4)C2)C3)c1. The zero-order valence-corrected chi connectivity index (χ0v) is 18.7. The molecule has 4 fully saturated rings. The first-order chi connectivity index (χ1) is 14.0. The molecule has 2 aromatic carbocycles. The van der Waals surface area contributed by atoms with E-state index in [0.717, 1.165) is 46.2 Å². The molecule has 0 radical (unpaired) electrons. The molecule has 4 saturated carbocycles. The predicted octanol–water partition coefficient (Wildman–Crippen LogP) is 7.28. The van der Waals surface area contributed by atoms with E-state index in [1.807, 2.05) is 36.4 Å². The molecule has 0 saturated heterocycles. The highest BCUT2D eigenvalue weighted by Crippen LogP contribution is 2.55. The van der Waals surface area contributed by atoms with Crippen LogP contribution < -0.4 is 10.1 Å². The molecule has 0 aromatic heterocycles. The van der Waals surface area contributed by atoms with Crippen molar-refractivity contribution in [3.63, 3.8) is 0 Å². The highest BCUT2D eigenvalue weighted by molar-refractivity contribution is 6.36. The fraction of sp³-hybridized carbons (Fsp3) is 0.500. The van der Waals surface area contributed by atoms with Gasteiger partial charge in [-0.25, -0.2) is 0 Å². The van der Waals surface area contributed by atoms with E-state index in [1.54, 1.807) is 0 Å². The Balaban J connectivity index is 1.31. The van der Waals surface area contributed by atoms with Gasteiger partial charge in [-0.1, -0.05) is 40.9 Å². The molecule has 154 valence electrons. The second-order valence-corrected chi connectivity index (χ2v) is 10.5. The van der Waals surface area contributed by atoms with Crippen LogP contribution in [0.3, 0.4) is 0 Å². The molecular formula is C24H26Cl3NO. The molecule has 4 aliphatic rings. The summed E-state index contributed by atoms with van der Waals surface area (Å²) in [5.74, 6) is 3.60. The Morgan fingerprint density at radius 1 is 0.897 bits per heavy atom. The van der Waals surface area contributed by atoms with Crippen LogP contribution in [0.2, 0.25) is 15.1 Å². The van der Waals surface area contributed by atoms with E-state index in [2.05, 4.69) is 5.32 Å². The van der Waals surface area contributed by atoms with Crippen molar-refractivity contribution in [2.24, 2.45) is 17.8 Å². The molecule has 29 heavy (non-hydrogen) atoms. The normalized spacial score (nSPS) is 30.0. The van der Waals surface area contributed by atoms with E-state index in [1.165, 1.54) is 38.5 Å². The molecule has 0 heterocycles. The predicted molar refractivity (Wildman–Crippen MR) is 120 cm³/mol. The minimum Gasteiger partial charge on any atom is -0.488 e. The second kappa shape index (κ2) is 7.96. The summed E-state index contributed by atoms with van der Waals surface area (Å²) >= 11 is 18.9. The lowest BCUT2D eigenvalue weighted by Crippen LogP contribution is -2.58. The van der Waals surface area contributed by atoms with Gasteiger partial charge >= 0.3 is 0 Å². The first kappa shape index (κ1) is 20.0. The van der Waals surface area contributed by atoms with Crippen LogP contribution in [-0.4, -0.2) is 5.54 Å². The number of hydrogen-bond donors (Lipinski definition) is 1. The molecule has 0 amide bonds. The molecule has 4 bridgehead atoms. The van der Waals surface area contributed by atoms with E-state index in [-0.39, 0.29) is 0 Å². The Labute approximate surface area is 187 Å². The zero-order valence-electron chi connectivity index (χ0n) is 16.4. The number of benzene rings is 2. The number of hydrogen-bond acceptors (Lipinski definition) is 2. The lowest BCUT2D eigenvalue weighted by molar-refractivity contribution is -0.0206. The van der Waals surface area contributed by atoms with E-state index in [4.69, 9.17) is 39.5 Å². The monoisotopic (exact) mass is 449 g/mol. The van der Waals surface area contributed by atoms with Crippen molar-refractivity contribution in [1.29, 1.82) is 0 Å². The molecule has 2 aromatic rings. The maximum atomic E-state index is 6.31. The standard InChI is InChI=1S/C24H26Cl3NO/c25-19-4-5-23(29-14-20-21(26)2-1-3-22(20)27)18(9-19)13-28-24-10-15-6-16(11-24)8-17(7-15)12-24/h1-5,9,15-17,28H,6-8,10-14H2. The molecule has 6 rings (SSSR count). The first-order valence-corrected chi connectivity index (χ1v) is 11.7. The molecule has 0 unspecified atom stereocenters. The first-order valence-electron chi connectivity index (χ1n) is 10.6. The van der Waals surface area contributed by atoms with Crippen molar-refractivity contribution in [3.05, 3.63) is 62.6 Å². The molecule has 5 heteroatoms. The van der Waals surface area contributed by atoms with Crippen LogP contribution in [0, 0.1) is 17.8 Å². The van der Waals surface area contributed by atoms with Crippen molar-refractivity contribution < 1.29 is 4.74 Å². The van der Waals surface area contributed by atoms with Crippen molar-refractivity contribution in [1.82, 2.24) is 5.32 Å². The summed E-state index contributed by atoms with van der Waals surface area (Å²) in [6.45, 7) is 1.11. The van der Waals surface area contributed by atoms with Crippen LogP contribution in [-0.2, 0) is 13.2 Å². The van der Waals surface area contributed by atoms with Crippen LogP contribution in [0.25, 0.3) is 0 Å². The van der Waals surface area contributed by atoms with E-state index in [9.17, 15) is 0 Å². The van der Waals surface area contributed by atoms with Crippen LogP contribution in [0.1, 0.15) is 49.7 Å². The van der Waals surface area contributed by atoms with Crippen molar-refractivity contribution >= 4 is 34.8 Å². The summed E-state index contributed by atoms with van der Waals surface area (Å²) in [6.07, 6.45) is 8.32. The summed E-state index contributed by atoms with van der Waals surface area (Å²) in [4.78, 5) is 0. The number of ether oxygens (including phenoxy) is 1. The summed E-state index contributed by atoms with van der Waals surface area (Å²) in [5.41, 5.74) is 2.21. The maximum Gasteiger partial charge on any atom is 0.124 e. The van der Waals surface area contributed by atoms with Gasteiger partial charge in [0.15, 0.2) is 0 Å². The van der Waals surface area contributed by atoms with Gasteiger partial charge < -0.3 is 10.1 Å². The van der Waals surface area contributed by atoms with E-state index < -0.39 is 0 Å². The van der Waals surface area contributed by atoms with Gasteiger partial charge in [0, 0.05) is 38.3 Å². The summed E-state index contributed by atoms with van der Waals surface area (Å²) in [6, 6.07) is 11.4. The Hall–Kier alpha value is -0.930. The lowest BCUT2D eigenvalue weighted by Gasteiger charge is -2.57. The second-order valence-electron chi connectivity index (χ2n) is 9.29. The average Bonchev–Trinajstić information content (AvgIpc) is 2.66. The number of nitrogens with one attached hydrogen (secondary N) is 1. The highest BCUT2D eigenvalue weighted by Gasteiger charge is 2.50. The van der Waals surface area contributed by atoms with Gasteiger partial charge in [-0.3, -0.25) is 0 Å². The van der Waals surface area contributed by atoms with Gasteiger partial charge in [0.2, 0.25) is 0 Å². The third kappa shape index (κ3) is 4.14. The summed E-state index contributed by atoms with van der Waals surface area (Å²) in [5, 5.41) is 5.92. The third-order valence-corrected chi connectivity index (χ3v) is 8.09. The minimum absolute atomic E-state index is 0.306. The largest absolute Gasteiger partial charge is 0.488 e. The van der Waals surface area contributed by atoms with Crippen LogP contribution in [0.15, 0.2) is 36.4 Å². The molecule has 0 aliphatic heterocycles. The zero-order chi connectivity index (χ0) is 20.0. The van der Waals surface area contributed by atoms with E-state index >= 15 is 0 Å². The molecule has 4 aliphatic carbocycles. The maximum absolute atomic E-state index is 6.31. The molecule has 0 spiro atoms. The topological polar surface area (TPSA) is 21.3 Å². The third-order valence-electron chi connectivity index (χ3n) is 7.15. The fourth-order valence-corrected chi connectivity index (χ4v) is 6.96. The Kier molecular flexibility index (Phi) is 5.49. The van der Waals surface area contributed by atoms with Gasteiger partial charge in [-0.05, 0) is 86.6 Å². The van der Waals surface area contributed by atoms with Gasteiger partial charge in [0.25, 0.3) is 0 Å². The van der Waals surface area contributed by atoms with Crippen LogP contribution in [0.4, 0.5) is 0 Å². The summed E-state index contributed by atoms with van der Waals surface area (Å²) in [7, 11) is 0. The Bertz CT molecular complexity index is 857. The Morgan fingerprint density at radius 2 is 1.52 bits per heavy atom. The Morgan fingerprint density at radius 3 is 2.14 bits per heavy atom. The smallest absolute Gasteiger partial charge is 0.124 e. The highest BCUT2D eigenvalue weighted by atomic mass is 35.5.